The molecule has 42 heavy (non-hydrogen) atoms. The first kappa shape index (κ1) is 28.9. The molecule has 224 valence electrons. The Morgan fingerprint density at radius 3 is 2.43 bits per heavy atom. The highest BCUT2D eigenvalue weighted by Gasteiger charge is 2.35. The van der Waals surface area contributed by atoms with E-state index in [9.17, 15) is 9.59 Å². The van der Waals surface area contributed by atoms with Crippen LogP contribution in [0.1, 0.15) is 98.0 Å². The molecule has 3 heterocycles. The minimum Gasteiger partial charge on any atom is -0.457 e. The third kappa shape index (κ3) is 6.73. The third-order valence-corrected chi connectivity index (χ3v) is 9.60. The van der Waals surface area contributed by atoms with Crippen molar-refractivity contribution in [3.63, 3.8) is 0 Å². The Bertz CT molecular complexity index is 1290. The van der Waals surface area contributed by atoms with Crippen molar-refractivity contribution in [2.75, 3.05) is 32.7 Å². The molecular weight excluding hydrogens is 524 g/mol. The number of piperidine rings is 2. The van der Waals surface area contributed by atoms with E-state index in [1.807, 2.05) is 47.4 Å². The summed E-state index contributed by atoms with van der Waals surface area (Å²) in [5, 5.41) is 3.39. The first-order valence-corrected chi connectivity index (χ1v) is 16.2. The number of likely N-dealkylation sites (tertiary alicyclic amines) is 2. The smallest absolute Gasteiger partial charge is 0.253 e. The maximum Gasteiger partial charge on any atom is 0.253 e. The minimum absolute atomic E-state index is 0.00915. The lowest BCUT2D eigenvalue weighted by molar-refractivity contribution is -0.122. The van der Waals surface area contributed by atoms with Gasteiger partial charge in [0, 0.05) is 61.5 Å². The predicted octanol–water partition coefficient (Wildman–Crippen LogP) is 5.74. The van der Waals surface area contributed by atoms with E-state index in [-0.39, 0.29) is 23.9 Å². The van der Waals surface area contributed by atoms with Crippen LogP contribution in [0.4, 0.5) is 0 Å². The van der Waals surface area contributed by atoms with Crippen LogP contribution in [0.25, 0.3) is 0 Å². The average Bonchev–Trinajstić information content (AvgIpc) is 3.14. The Balaban J connectivity index is 1.14. The van der Waals surface area contributed by atoms with Crippen LogP contribution in [0.5, 0.6) is 11.5 Å². The number of fused-ring (bicyclic) bond motifs is 2. The Labute approximate surface area is 250 Å². The van der Waals surface area contributed by atoms with Crippen LogP contribution >= 0.6 is 0 Å². The topological polar surface area (TPSA) is 87.9 Å². The Morgan fingerprint density at radius 1 is 0.857 bits per heavy atom. The zero-order chi connectivity index (χ0) is 28.9. The molecule has 7 heteroatoms. The summed E-state index contributed by atoms with van der Waals surface area (Å²) in [7, 11) is 0. The van der Waals surface area contributed by atoms with Crippen molar-refractivity contribution >= 4 is 11.8 Å². The highest BCUT2D eigenvalue weighted by Crippen LogP contribution is 2.44. The first-order chi connectivity index (χ1) is 20.5. The van der Waals surface area contributed by atoms with Crippen LogP contribution < -0.4 is 15.8 Å². The lowest BCUT2D eigenvalue weighted by Crippen LogP contribution is -2.46. The molecule has 2 fully saturated rings. The number of nitrogens with zero attached hydrogens (tertiary/aromatic N) is 2. The highest BCUT2D eigenvalue weighted by atomic mass is 16.5. The number of hydrogen-bond acceptors (Lipinski definition) is 5. The molecule has 1 aliphatic carbocycles. The van der Waals surface area contributed by atoms with Crippen LogP contribution in [-0.4, -0.2) is 66.4 Å². The van der Waals surface area contributed by atoms with Gasteiger partial charge < -0.3 is 20.7 Å². The van der Waals surface area contributed by atoms with E-state index in [0.29, 0.717) is 30.2 Å². The van der Waals surface area contributed by atoms with Gasteiger partial charge in [0.25, 0.3) is 5.91 Å². The van der Waals surface area contributed by atoms with Gasteiger partial charge in [-0.05, 0) is 75.6 Å². The highest BCUT2D eigenvalue weighted by molar-refractivity contribution is 5.96. The number of carbonyl (C=O) groups excluding carboxylic acids is 2. The molecule has 3 aliphatic heterocycles. The van der Waals surface area contributed by atoms with Gasteiger partial charge in [-0.1, -0.05) is 49.1 Å². The molecule has 2 aromatic carbocycles. The standard InChI is InChI=1S/C35H46N4O3/c36-27-15-21-39(22-16-27)35(41)26-13-14-32-30(23-26)33(29-11-7-8-12-31(29)42-32)34(40)37-28-17-19-38(20-18-28)24-25-9-5-3-1-2-4-6-10-25/h7-9,11-14,23,27-28,33H,1-6,10,15-22,24,36H2,(H,37,40). The first-order valence-electron chi connectivity index (χ1n) is 16.2. The van der Waals surface area contributed by atoms with Gasteiger partial charge in [-0.25, -0.2) is 0 Å². The van der Waals surface area contributed by atoms with Crippen molar-refractivity contribution in [1.29, 1.82) is 0 Å². The number of ether oxygens (including phenoxy) is 1. The minimum atomic E-state index is -0.519. The quantitative estimate of drug-likeness (QED) is 0.448. The predicted molar refractivity (Wildman–Crippen MR) is 166 cm³/mol. The summed E-state index contributed by atoms with van der Waals surface area (Å²) in [6.07, 6.45) is 15.2. The van der Waals surface area contributed by atoms with Crippen molar-refractivity contribution < 1.29 is 14.3 Å². The van der Waals surface area contributed by atoms with Gasteiger partial charge >= 0.3 is 0 Å². The molecule has 0 saturated carbocycles. The van der Waals surface area contributed by atoms with E-state index in [1.54, 1.807) is 5.57 Å². The van der Waals surface area contributed by atoms with Crippen molar-refractivity contribution in [1.82, 2.24) is 15.1 Å². The van der Waals surface area contributed by atoms with Gasteiger partial charge in [-0.15, -0.1) is 0 Å². The molecule has 2 aromatic rings. The number of nitrogens with two attached hydrogens (primary N) is 1. The molecule has 0 bridgehead atoms. The molecular formula is C35H46N4O3. The fourth-order valence-electron chi connectivity index (χ4n) is 7.05. The van der Waals surface area contributed by atoms with Crippen LogP contribution in [0, 0.1) is 0 Å². The number of nitrogens with one attached hydrogen (secondary N) is 1. The van der Waals surface area contributed by atoms with Crippen molar-refractivity contribution in [2.45, 2.75) is 88.6 Å². The molecule has 0 spiro atoms. The Hall–Kier alpha value is -3.16. The Morgan fingerprint density at radius 2 is 1.60 bits per heavy atom. The van der Waals surface area contributed by atoms with Crippen LogP contribution in [0.15, 0.2) is 54.1 Å². The van der Waals surface area contributed by atoms with E-state index < -0.39 is 5.92 Å². The molecule has 3 N–H and O–H groups in total. The second-order valence-electron chi connectivity index (χ2n) is 12.7. The van der Waals surface area contributed by atoms with Crippen LogP contribution in [0.2, 0.25) is 0 Å². The van der Waals surface area contributed by atoms with E-state index in [4.69, 9.17) is 10.5 Å². The average molecular weight is 571 g/mol. The van der Waals surface area contributed by atoms with Crippen molar-refractivity contribution in [3.05, 3.63) is 70.8 Å². The van der Waals surface area contributed by atoms with Crippen molar-refractivity contribution in [2.24, 2.45) is 5.73 Å². The number of amides is 2. The third-order valence-electron chi connectivity index (χ3n) is 9.60. The second-order valence-corrected chi connectivity index (χ2v) is 12.7. The molecule has 2 amide bonds. The molecule has 2 saturated heterocycles. The SMILES string of the molecule is NC1CCN(C(=O)c2ccc3c(c2)C(C(=O)NC2CCN(CC4=CCCCCCCC4)CC2)c2ccccc2O3)CC1. The van der Waals surface area contributed by atoms with Gasteiger partial charge in [0.05, 0.1) is 5.92 Å². The number of allylic oxidation sites excluding steroid dienone is 1. The Kier molecular flexibility index (Phi) is 9.25. The molecule has 1 unspecified atom stereocenters. The van der Waals surface area contributed by atoms with E-state index in [2.05, 4.69) is 16.3 Å². The number of para-hydroxylation sites is 1. The molecule has 0 radical (unpaired) electrons. The number of benzene rings is 2. The van der Waals surface area contributed by atoms with Gasteiger partial charge in [-0.2, -0.15) is 0 Å². The summed E-state index contributed by atoms with van der Waals surface area (Å²) in [6, 6.07) is 13.6. The summed E-state index contributed by atoms with van der Waals surface area (Å²) < 4.78 is 6.22. The second kappa shape index (κ2) is 13.4. The fourth-order valence-corrected chi connectivity index (χ4v) is 7.05. The van der Waals surface area contributed by atoms with E-state index >= 15 is 0 Å². The summed E-state index contributed by atoms with van der Waals surface area (Å²) in [5.41, 5.74) is 9.87. The van der Waals surface area contributed by atoms with Gasteiger partial charge in [0.2, 0.25) is 5.91 Å². The molecule has 4 aliphatic rings. The maximum absolute atomic E-state index is 14.0. The van der Waals surface area contributed by atoms with E-state index in [0.717, 1.165) is 56.4 Å². The summed E-state index contributed by atoms with van der Waals surface area (Å²) in [5.74, 6) is 0.800. The lowest BCUT2D eigenvalue weighted by Gasteiger charge is -2.35. The molecule has 6 rings (SSSR count). The fraction of sp³-hybridized carbons (Fsp3) is 0.543. The monoisotopic (exact) mass is 570 g/mol. The zero-order valence-electron chi connectivity index (χ0n) is 24.9. The zero-order valence-corrected chi connectivity index (χ0v) is 24.9. The largest absolute Gasteiger partial charge is 0.457 e. The van der Waals surface area contributed by atoms with Gasteiger partial charge in [0.1, 0.15) is 11.5 Å². The summed E-state index contributed by atoms with van der Waals surface area (Å²) in [6.45, 7) is 4.40. The van der Waals surface area contributed by atoms with Gasteiger partial charge in [-0.3, -0.25) is 14.5 Å². The van der Waals surface area contributed by atoms with E-state index in [1.165, 1.54) is 44.9 Å². The van der Waals surface area contributed by atoms with Crippen molar-refractivity contribution in [3.8, 4) is 11.5 Å². The maximum atomic E-state index is 14.0. The summed E-state index contributed by atoms with van der Waals surface area (Å²) in [4.78, 5) is 31.8. The molecule has 1 atom stereocenters. The lowest BCUT2D eigenvalue weighted by atomic mass is 9.85. The molecule has 7 nitrogen and oxygen atoms in total. The molecule has 0 aromatic heterocycles. The van der Waals surface area contributed by atoms with Crippen LogP contribution in [0.3, 0.4) is 0 Å². The summed E-state index contributed by atoms with van der Waals surface area (Å²) >= 11 is 0. The normalized spacial score (nSPS) is 22.5. The number of carbonyl (C=O) groups is 2. The van der Waals surface area contributed by atoms with Gasteiger partial charge in [0.15, 0.2) is 0 Å². The number of rotatable bonds is 5. The van der Waals surface area contributed by atoms with Crippen LogP contribution in [-0.2, 0) is 4.79 Å². The number of hydrogen-bond donors (Lipinski definition) is 2.